The predicted octanol–water partition coefficient (Wildman–Crippen LogP) is 4.56. The van der Waals surface area contributed by atoms with E-state index >= 15 is 0 Å². The average Bonchev–Trinajstić information content (AvgIpc) is 2.78. The third-order valence-corrected chi connectivity index (χ3v) is 4.22. The first kappa shape index (κ1) is 13.0. The molecule has 0 amide bonds. The molecule has 1 aliphatic rings. The number of hydrogen-bond donors (Lipinski definition) is 0. The molecular formula is C14H19Cl2N. The topological polar surface area (TPSA) is 3.24 Å². The van der Waals surface area contributed by atoms with E-state index in [0.29, 0.717) is 5.88 Å². The molecule has 3 heteroatoms. The van der Waals surface area contributed by atoms with Crippen molar-refractivity contribution >= 4 is 28.9 Å². The molecule has 1 aromatic rings. The lowest BCUT2D eigenvalue weighted by atomic mass is 9.95. The van der Waals surface area contributed by atoms with Gasteiger partial charge < -0.3 is 4.90 Å². The molecular weight excluding hydrogens is 253 g/mol. The van der Waals surface area contributed by atoms with Gasteiger partial charge in [0.2, 0.25) is 0 Å². The highest BCUT2D eigenvalue weighted by atomic mass is 35.5. The van der Waals surface area contributed by atoms with Crippen molar-refractivity contribution in [1.82, 2.24) is 0 Å². The normalized spacial score (nSPS) is 20.3. The first-order chi connectivity index (χ1) is 8.11. The smallest absolute Gasteiger partial charge is 0.0495 e. The van der Waals surface area contributed by atoms with Crippen molar-refractivity contribution in [3.05, 3.63) is 28.8 Å². The van der Waals surface area contributed by atoms with Gasteiger partial charge in [-0.15, -0.1) is 11.6 Å². The Bertz CT molecular complexity index is 390. The van der Waals surface area contributed by atoms with Crippen molar-refractivity contribution in [1.29, 1.82) is 0 Å². The molecule has 94 valence electrons. The summed E-state index contributed by atoms with van der Waals surface area (Å²) in [6.07, 6.45) is 1.28. The molecule has 0 spiro atoms. The van der Waals surface area contributed by atoms with Gasteiger partial charge in [0.15, 0.2) is 0 Å². The lowest BCUT2D eigenvalue weighted by molar-refractivity contribution is 0.422. The summed E-state index contributed by atoms with van der Waals surface area (Å²) in [5.41, 5.74) is 2.40. The molecule has 1 fully saturated rings. The first-order valence-corrected chi connectivity index (χ1v) is 7.12. The molecule has 1 aromatic carbocycles. The van der Waals surface area contributed by atoms with Crippen LogP contribution in [0.5, 0.6) is 0 Å². The van der Waals surface area contributed by atoms with Crippen LogP contribution in [0.4, 0.5) is 5.69 Å². The number of hydrogen-bond acceptors (Lipinski definition) is 1. The Morgan fingerprint density at radius 2 is 2.18 bits per heavy atom. The molecule has 1 heterocycles. The van der Waals surface area contributed by atoms with Crippen LogP contribution < -0.4 is 4.90 Å². The van der Waals surface area contributed by atoms with E-state index in [0.717, 1.165) is 35.5 Å². The predicted molar refractivity (Wildman–Crippen MR) is 76.2 cm³/mol. The van der Waals surface area contributed by atoms with E-state index in [4.69, 9.17) is 23.2 Å². The Hall–Kier alpha value is -0.400. The average molecular weight is 272 g/mol. The zero-order chi connectivity index (χ0) is 12.4. The van der Waals surface area contributed by atoms with Crippen LogP contribution in [0.3, 0.4) is 0 Å². The summed E-state index contributed by atoms with van der Waals surface area (Å²) in [5, 5.41) is 0.768. The number of benzene rings is 1. The van der Waals surface area contributed by atoms with Gasteiger partial charge >= 0.3 is 0 Å². The minimum atomic E-state index is 0.527. The minimum absolute atomic E-state index is 0.527. The Morgan fingerprint density at radius 1 is 1.41 bits per heavy atom. The SMILES string of the molecule is CC(C)C1CCN(c2ccc(Cl)cc2CCl)C1. The van der Waals surface area contributed by atoms with Crippen LogP contribution in [-0.4, -0.2) is 13.1 Å². The van der Waals surface area contributed by atoms with Crippen LogP contribution in [0, 0.1) is 11.8 Å². The van der Waals surface area contributed by atoms with Crippen LogP contribution in [0.25, 0.3) is 0 Å². The Kier molecular flexibility index (Phi) is 4.22. The third kappa shape index (κ3) is 2.89. The second-order valence-corrected chi connectivity index (χ2v) is 5.85. The molecule has 0 bridgehead atoms. The van der Waals surface area contributed by atoms with Gasteiger partial charge in [-0.3, -0.25) is 0 Å². The molecule has 1 nitrogen and oxygen atoms in total. The fourth-order valence-electron chi connectivity index (χ4n) is 2.52. The standard InChI is InChI=1S/C14H19Cl2N/c1-10(2)11-5-6-17(9-11)14-4-3-13(16)7-12(14)8-15/h3-4,7,10-11H,5-6,8-9H2,1-2H3. The highest BCUT2D eigenvalue weighted by Crippen LogP contribution is 2.32. The summed E-state index contributed by atoms with van der Waals surface area (Å²) < 4.78 is 0. The number of rotatable bonds is 3. The van der Waals surface area contributed by atoms with Crippen molar-refractivity contribution in [2.75, 3.05) is 18.0 Å². The summed E-state index contributed by atoms with van der Waals surface area (Å²) in [7, 11) is 0. The van der Waals surface area contributed by atoms with E-state index in [-0.39, 0.29) is 0 Å². The maximum atomic E-state index is 6.00. The molecule has 0 aromatic heterocycles. The Morgan fingerprint density at radius 3 is 2.76 bits per heavy atom. The summed E-state index contributed by atoms with van der Waals surface area (Å²) >= 11 is 12.0. The van der Waals surface area contributed by atoms with Crippen molar-refractivity contribution in [3.63, 3.8) is 0 Å². The van der Waals surface area contributed by atoms with Crippen LogP contribution in [0.1, 0.15) is 25.8 Å². The van der Waals surface area contributed by atoms with Crippen molar-refractivity contribution < 1.29 is 0 Å². The van der Waals surface area contributed by atoms with Gasteiger partial charge in [-0.05, 0) is 42.0 Å². The van der Waals surface area contributed by atoms with Crippen molar-refractivity contribution in [2.45, 2.75) is 26.1 Å². The van der Waals surface area contributed by atoms with Crippen LogP contribution in [0.2, 0.25) is 5.02 Å². The number of halogens is 2. The number of alkyl halides is 1. The Balaban J connectivity index is 2.18. The summed E-state index contributed by atoms with van der Waals surface area (Å²) in [6.45, 7) is 6.88. The quantitative estimate of drug-likeness (QED) is 0.729. The monoisotopic (exact) mass is 271 g/mol. The van der Waals surface area contributed by atoms with E-state index in [1.165, 1.54) is 12.1 Å². The van der Waals surface area contributed by atoms with Gasteiger partial charge in [-0.25, -0.2) is 0 Å². The molecule has 0 N–H and O–H groups in total. The first-order valence-electron chi connectivity index (χ1n) is 6.21. The maximum Gasteiger partial charge on any atom is 0.0495 e. The van der Waals surface area contributed by atoms with Crippen LogP contribution in [-0.2, 0) is 5.88 Å². The lowest BCUT2D eigenvalue weighted by Crippen LogP contribution is -2.22. The van der Waals surface area contributed by atoms with E-state index < -0.39 is 0 Å². The van der Waals surface area contributed by atoms with E-state index in [2.05, 4.69) is 24.8 Å². The van der Waals surface area contributed by atoms with Gasteiger partial charge in [-0.1, -0.05) is 25.4 Å². The van der Waals surface area contributed by atoms with Gasteiger partial charge in [0, 0.05) is 29.7 Å². The highest BCUT2D eigenvalue weighted by molar-refractivity contribution is 6.30. The van der Waals surface area contributed by atoms with E-state index in [1.54, 1.807) is 0 Å². The van der Waals surface area contributed by atoms with Gasteiger partial charge in [0.05, 0.1) is 0 Å². The fourth-order valence-corrected chi connectivity index (χ4v) is 2.93. The summed E-state index contributed by atoms with van der Waals surface area (Å²) in [4.78, 5) is 2.44. The van der Waals surface area contributed by atoms with Gasteiger partial charge in [-0.2, -0.15) is 0 Å². The zero-order valence-corrected chi connectivity index (χ0v) is 11.9. The molecule has 0 aliphatic carbocycles. The van der Waals surface area contributed by atoms with Crippen molar-refractivity contribution in [2.24, 2.45) is 11.8 Å². The second-order valence-electron chi connectivity index (χ2n) is 5.15. The largest absolute Gasteiger partial charge is 0.371 e. The fraction of sp³-hybridized carbons (Fsp3) is 0.571. The lowest BCUT2D eigenvalue weighted by Gasteiger charge is -2.22. The van der Waals surface area contributed by atoms with E-state index in [9.17, 15) is 0 Å². The molecule has 0 radical (unpaired) electrons. The third-order valence-electron chi connectivity index (χ3n) is 3.69. The summed E-state index contributed by atoms with van der Waals surface area (Å²) in [6, 6.07) is 6.03. The highest BCUT2D eigenvalue weighted by Gasteiger charge is 2.26. The Labute approximate surface area is 114 Å². The molecule has 17 heavy (non-hydrogen) atoms. The van der Waals surface area contributed by atoms with Gasteiger partial charge in [0.1, 0.15) is 0 Å². The number of anilines is 1. The van der Waals surface area contributed by atoms with Gasteiger partial charge in [0.25, 0.3) is 0 Å². The van der Waals surface area contributed by atoms with E-state index in [1.807, 2.05) is 12.1 Å². The number of nitrogens with zero attached hydrogens (tertiary/aromatic N) is 1. The molecule has 1 unspecified atom stereocenters. The maximum absolute atomic E-state index is 6.00. The zero-order valence-electron chi connectivity index (χ0n) is 10.4. The second kappa shape index (κ2) is 5.49. The molecule has 2 rings (SSSR count). The molecule has 1 aliphatic heterocycles. The molecule has 1 saturated heterocycles. The minimum Gasteiger partial charge on any atom is -0.371 e. The van der Waals surface area contributed by atoms with Crippen LogP contribution in [0.15, 0.2) is 18.2 Å². The van der Waals surface area contributed by atoms with Crippen LogP contribution >= 0.6 is 23.2 Å². The van der Waals surface area contributed by atoms with Crippen molar-refractivity contribution in [3.8, 4) is 0 Å². The summed E-state index contributed by atoms with van der Waals surface area (Å²) in [5.74, 6) is 2.08. The molecule has 0 saturated carbocycles. The molecule has 1 atom stereocenters.